The van der Waals surface area contributed by atoms with Crippen LogP contribution in [0.1, 0.15) is 22.3 Å². The van der Waals surface area contributed by atoms with E-state index in [-0.39, 0.29) is 0 Å². The number of hydrogen-bond acceptors (Lipinski definition) is 8. The minimum absolute atomic E-state index is 0.522. The van der Waals surface area contributed by atoms with Crippen molar-refractivity contribution in [1.82, 2.24) is 24.5 Å². The Kier molecular flexibility index (Phi) is 7.20. The Morgan fingerprint density at radius 2 is 1.62 bits per heavy atom. The maximum atomic E-state index is 5.61. The summed E-state index contributed by atoms with van der Waals surface area (Å²) in [6.07, 6.45) is 2.94. The van der Waals surface area contributed by atoms with E-state index < -0.39 is 0 Å². The standard InChI is InChI=1S/C31H32N6O3/c1-38-26-11-7-6-10-25(26)29-34-30-24(20-36-15-14-22-8-4-5-9-23(22)19-36)18-33-31(37(30)35-29)32-17-21-12-13-27(39-2)28(16-21)40-3/h4-13,16,18H,14-15,17,19-20H2,1-3H3,(H,32,33). The van der Waals surface area contributed by atoms with Crippen molar-refractivity contribution in [3.05, 3.63) is 95.2 Å². The van der Waals surface area contributed by atoms with Crippen molar-refractivity contribution in [1.29, 1.82) is 0 Å². The summed E-state index contributed by atoms with van der Waals surface area (Å²) in [6.45, 7) is 3.13. The SMILES string of the molecule is COc1ccc(CNc2ncc(CN3CCc4ccccc4C3)c3nc(-c4ccccc4OC)nn23)cc1OC. The quantitative estimate of drug-likeness (QED) is 0.282. The van der Waals surface area contributed by atoms with E-state index in [4.69, 9.17) is 29.3 Å². The zero-order chi connectivity index (χ0) is 27.5. The molecule has 0 bridgehead atoms. The topological polar surface area (TPSA) is 86.0 Å². The van der Waals surface area contributed by atoms with Gasteiger partial charge in [-0.05, 0) is 47.4 Å². The van der Waals surface area contributed by atoms with Crippen LogP contribution in [0, 0.1) is 0 Å². The Hall–Kier alpha value is -4.63. The molecule has 1 aliphatic heterocycles. The van der Waals surface area contributed by atoms with Crippen molar-refractivity contribution in [2.24, 2.45) is 0 Å². The number of nitrogens with zero attached hydrogens (tertiary/aromatic N) is 5. The molecule has 204 valence electrons. The molecule has 0 fully saturated rings. The summed E-state index contributed by atoms with van der Waals surface area (Å²) in [7, 11) is 4.92. The third-order valence-corrected chi connectivity index (χ3v) is 7.29. The molecule has 3 aromatic carbocycles. The Labute approximate surface area is 233 Å². The molecule has 0 aliphatic carbocycles. The first-order chi connectivity index (χ1) is 19.7. The number of anilines is 1. The largest absolute Gasteiger partial charge is 0.496 e. The van der Waals surface area contributed by atoms with Crippen LogP contribution in [-0.2, 0) is 26.1 Å². The molecule has 0 amide bonds. The van der Waals surface area contributed by atoms with Gasteiger partial charge in [0.05, 0.1) is 26.9 Å². The second-order valence-electron chi connectivity index (χ2n) is 9.75. The molecule has 0 unspecified atom stereocenters. The lowest BCUT2D eigenvalue weighted by Crippen LogP contribution is -2.30. The highest BCUT2D eigenvalue weighted by atomic mass is 16.5. The van der Waals surface area contributed by atoms with Gasteiger partial charge in [0.2, 0.25) is 5.95 Å². The van der Waals surface area contributed by atoms with E-state index in [9.17, 15) is 0 Å². The van der Waals surface area contributed by atoms with Gasteiger partial charge in [0, 0.05) is 37.9 Å². The van der Waals surface area contributed by atoms with Gasteiger partial charge in [0.15, 0.2) is 23.0 Å². The van der Waals surface area contributed by atoms with E-state index >= 15 is 0 Å². The Bertz CT molecular complexity index is 1650. The number of ether oxygens (including phenoxy) is 3. The molecule has 1 N–H and O–H groups in total. The molecular weight excluding hydrogens is 504 g/mol. The smallest absolute Gasteiger partial charge is 0.226 e. The third-order valence-electron chi connectivity index (χ3n) is 7.29. The van der Waals surface area contributed by atoms with Gasteiger partial charge in [-0.15, -0.1) is 5.10 Å². The number of benzene rings is 3. The molecule has 0 saturated carbocycles. The summed E-state index contributed by atoms with van der Waals surface area (Å²) in [5.74, 6) is 3.28. The van der Waals surface area contributed by atoms with Crippen LogP contribution in [0.25, 0.3) is 17.0 Å². The normalized spacial score (nSPS) is 13.2. The van der Waals surface area contributed by atoms with Crippen molar-refractivity contribution in [3.8, 4) is 28.6 Å². The highest BCUT2D eigenvalue weighted by Crippen LogP contribution is 2.30. The number of rotatable bonds is 9. The zero-order valence-corrected chi connectivity index (χ0v) is 22.9. The first kappa shape index (κ1) is 25.6. The van der Waals surface area contributed by atoms with Crippen LogP contribution in [0.15, 0.2) is 72.9 Å². The fraction of sp³-hybridized carbons (Fsp3) is 0.258. The van der Waals surface area contributed by atoms with Crippen LogP contribution in [0.4, 0.5) is 5.95 Å². The van der Waals surface area contributed by atoms with E-state index in [0.29, 0.717) is 29.8 Å². The molecule has 40 heavy (non-hydrogen) atoms. The minimum atomic E-state index is 0.522. The van der Waals surface area contributed by atoms with Gasteiger partial charge in [-0.25, -0.2) is 9.97 Å². The molecule has 0 radical (unpaired) electrons. The van der Waals surface area contributed by atoms with Crippen LogP contribution in [0.3, 0.4) is 0 Å². The van der Waals surface area contributed by atoms with Crippen molar-refractivity contribution >= 4 is 11.6 Å². The number of para-hydroxylation sites is 1. The second kappa shape index (κ2) is 11.2. The van der Waals surface area contributed by atoms with Crippen LogP contribution >= 0.6 is 0 Å². The highest BCUT2D eigenvalue weighted by molar-refractivity contribution is 5.67. The van der Waals surface area contributed by atoms with Crippen molar-refractivity contribution in [2.45, 2.75) is 26.1 Å². The molecule has 2 aromatic heterocycles. The van der Waals surface area contributed by atoms with Gasteiger partial charge >= 0.3 is 0 Å². The fourth-order valence-corrected chi connectivity index (χ4v) is 5.20. The first-order valence-electron chi connectivity index (χ1n) is 13.3. The summed E-state index contributed by atoms with van der Waals surface area (Å²) < 4.78 is 18.3. The van der Waals surface area contributed by atoms with Crippen LogP contribution < -0.4 is 19.5 Å². The minimum Gasteiger partial charge on any atom is -0.496 e. The number of nitrogens with one attached hydrogen (secondary N) is 1. The predicted molar refractivity (Wildman–Crippen MR) is 154 cm³/mol. The number of methoxy groups -OCH3 is 3. The zero-order valence-electron chi connectivity index (χ0n) is 22.9. The fourth-order valence-electron chi connectivity index (χ4n) is 5.20. The molecule has 5 aromatic rings. The maximum absolute atomic E-state index is 5.61. The molecule has 1 aliphatic rings. The van der Waals surface area contributed by atoms with Gasteiger partial charge in [-0.1, -0.05) is 42.5 Å². The summed E-state index contributed by atoms with van der Waals surface area (Å²) in [5, 5.41) is 8.33. The molecular formula is C31H32N6O3. The maximum Gasteiger partial charge on any atom is 0.226 e. The molecule has 0 saturated heterocycles. The van der Waals surface area contributed by atoms with E-state index in [1.165, 1.54) is 11.1 Å². The van der Waals surface area contributed by atoms with E-state index in [1.807, 2.05) is 48.7 Å². The molecule has 9 heteroatoms. The lowest BCUT2D eigenvalue weighted by molar-refractivity contribution is 0.246. The monoisotopic (exact) mass is 536 g/mol. The number of aromatic nitrogens is 4. The Balaban J connectivity index is 1.34. The van der Waals surface area contributed by atoms with Crippen LogP contribution in [0.2, 0.25) is 0 Å². The lowest BCUT2D eigenvalue weighted by atomic mass is 10.00. The molecule has 0 spiro atoms. The highest BCUT2D eigenvalue weighted by Gasteiger charge is 2.21. The van der Waals surface area contributed by atoms with E-state index in [2.05, 4.69) is 34.5 Å². The van der Waals surface area contributed by atoms with Crippen LogP contribution in [-0.4, -0.2) is 52.4 Å². The summed E-state index contributed by atoms with van der Waals surface area (Å²) >= 11 is 0. The lowest BCUT2D eigenvalue weighted by Gasteiger charge is -2.28. The first-order valence-corrected chi connectivity index (χ1v) is 13.3. The van der Waals surface area contributed by atoms with E-state index in [1.54, 1.807) is 25.8 Å². The van der Waals surface area contributed by atoms with Gasteiger partial charge in [-0.2, -0.15) is 4.52 Å². The van der Waals surface area contributed by atoms with Gasteiger partial charge in [0.25, 0.3) is 0 Å². The predicted octanol–water partition coefficient (Wildman–Crippen LogP) is 4.99. The van der Waals surface area contributed by atoms with Crippen molar-refractivity contribution < 1.29 is 14.2 Å². The van der Waals surface area contributed by atoms with E-state index in [0.717, 1.165) is 54.1 Å². The Morgan fingerprint density at radius 3 is 2.45 bits per heavy atom. The van der Waals surface area contributed by atoms with Crippen molar-refractivity contribution in [3.63, 3.8) is 0 Å². The van der Waals surface area contributed by atoms with Crippen LogP contribution in [0.5, 0.6) is 17.2 Å². The summed E-state index contributed by atoms with van der Waals surface area (Å²) in [4.78, 5) is 12.2. The Morgan fingerprint density at radius 1 is 0.850 bits per heavy atom. The number of hydrogen-bond donors (Lipinski definition) is 1. The third kappa shape index (κ3) is 5.03. The molecule has 9 nitrogen and oxygen atoms in total. The van der Waals surface area contributed by atoms with Gasteiger partial charge < -0.3 is 19.5 Å². The summed E-state index contributed by atoms with van der Waals surface area (Å²) in [5.41, 5.74) is 6.44. The van der Waals surface area contributed by atoms with Crippen molar-refractivity contribution in [2.75, 3.05) is 33.2 Å². The second-order valence-corrected chi connectivity index (χ2v) is 9.75. The number of fused-ring (bicyclic) bond motifs is 2. The average Bonchev–Trinajstić information content (AvgIpc) is 3.46. The molecule has 6 rings (SSSR count). The molecule has 0 atom stereocenters. The van der Waals surface area contributed by atoms with Gasteiger partial charge in [-0.3, -0.25) is 4.90 Å². The molecule has 3 heterocycles. The van der Waals surface area contributed by atoms with Gasteiger partial charge in [0.1, 0.15) is 5.75 Å². The summed E-state index contributed by atoms with van der Waals surface area (Å²) in [6, 6.07) is 22.3. The average molecular weight is 537 g/mol.